The highest BCUT2D eigenvalue weighted by atomic mass is 32.2. The van der Waals surface area contributed by atoms with Crippen molar-refractivity contribution in [2.24, 2.45) is 0 Å². The number of halogens is 3. The van der Waals surface area contributed by atoms with Crippen LogP contribution in [0.15, 0.2) is 18.2 Å². The Labute approximate surface area is 107 Å². The fourth-order valence-corrected chi connectivity index (χ4v) is 1.56. The Bertz CT molecular complexity index is 604. The molecule has 0 bridgehead atoms. The van der Waals surface area contributed by atoms with E-state index in [0.29, 0.717) is 0 Å². The van der Waals surface area contributed by atoms with Gasteiger partial charge in [-0.2, -0.15) is 26.9 Å². The first kappa shape index (κ1) is 15.3. The largest absolute Gasteiger partial charge is 0.523 e. The van der Waals surface area contributed by atoms with Crippen LogP contribution in [0.5, 0.6) is 5.75 Å². The van der Waals surface area contributed by atoms with E-state index in [-0.39, 0.29) is 16.9 Å². The molecule has 0 atom stereocenters. The highest BCUT2D eigenvalue weighted by molar-refractivity contribution is 7.87. The van der Waals surface area contributed by atoms with E-state index >= 15 is 0 Å². The molecular weight excluding hydrogens is 287 g/mol. The van der Waals surface area contributed by atoms with Gasteiger partial charge in [0.1, 0.15) is 5.75 Å². The highest BCUT2D eigenvalue weighted by Gasteiger charge is 2.47. The Morgan fingerprint density at radius 1 is 1.32 bits per heavy atom. The molecule has 0 N–H and O–H groups in total. The number of hydrogen-bond acceptors (Lipinski definition) is 5. The average Bonchev–Trinajstić information content (AvgIpc) is 2.34. The number of nitrogens with zero attached hydrogens (tertiary/aromatic N) is 1. The predicted molar refractivity (Wildman–Crippen MR) is 57.5 cm³/mol. The minimum atomic E-state index is -5.66. The zero-order chi connectivity index (χ0) is 14.7. The smallest absolute Gasteiger partial charge is 0.497 e. The van der Waals surface area contributed by atoms with Gasteiger partial charge in [-0.05, 0) is 23.8 Å². The van der Waals surface area contributed by atoms with Crippen LogP contribution in [0.3, 0.4) is 0 Å². The number of rotatable bonds is 4. The summed E-state index contributed by atoms with van der Waals surface area (Å²) in [7, 11) is -4.36. The summed E-state index contributed by atoms with van der Waals surface area (Å²) in [5.74, 6) is 0.210. The van der Waals surface area contributed by atoms with Crippen LogP contribution in [0.4, 0.5) is 13.2 Å². The second-order valence-electron chi connectivity index (χ2n) is 3.34. The molecule has 0 aromatic heterocycles. The molecule has 5 nitrogen and oxygen atoms in total. The predicted octanol–water partition coefficient (Wildman–Crippen LogP) is 1.93. The van der Waals surface area contributed by atoms with Crippen LogP contribution in [-0.4, -0.2) is 21.0 Å². The maximum Gasteiger partial charge on any atom is 0.523 e. The number of ether oxygens (including phenoxy) is 1. The molecule has 0 unspecified atom stereocenters. The van der Waals surface area contributed by atoms with E-state index < -0.39 is 22.2 Å². The van der Waals surface area contributed by atoms with Gasteiger partial charge < -0.3 is 4.74 Å². The van der Waals surface area contributed by atoms with E-state index in [4.69, 9.17) is 10.00 Å². The summed E-state index contributed by atoms with van der Waals surface area (Å²) in [6.07, 6.45) is 0. The molecule has 104 valence electrons. The Kier molecular flexibility index (Phi) is 4.39. The molecule has 0 spiro atoms. The monoisotopic (exact) mass is 295 g/mol. The highest BCUT2D eigenvalue weighted by Crippen LogP contribution is 2.26. The normalized spacial score (nSPS) is 11.9. The van der Waals surface area contributed by atoms with E-state index in [1.165, 1.54) is 25.3 Å². The summed E-state index contributed by atoms with van der Waals surface area (Å²) in [5.41, 5.74) is -5.30. The van der Waals surface area contributed by atoms with Gasteiger partial charge in [0.2, 0.25) is 0 Å². The fraction of sp³-hybridized carbons (Fsp3) is 0.300. The molecule has 0 saturated carbocycles. The van der Waals surface area contributed by atoms with Crippen LogP contribution in [-0.2, 0) is 20.9 Å². The average molecular weight is 295 g/mol. The zero-order valence-electron chi connectivity index (χ0n) is 9.56. The van der Waals surface area contributed by atoms with Crippen molar-refractivity contribution in [2.75, 3.05) is 7.11 Å². The maximum atomic E-state index is 12.0. The number of alkyl halides is 3. The Hall–Kier alpha value is -1.79. The number of methoxy groups -OCH3 is 1. The molecular formula is C10H8F3NO4S. The van der Waals surface area contributed by atoms with Crippen LogP contribution < -0.4 is 4.74 Å². The second kappa shape index (κ2) is 5.46. The molecule has 0 aliphatic heterocycles. The summed E-state index contributed by atoms with van der Waals surface area (Å²) in [5, 5.41) is 8.69. The minimum absolute atomic E-state index is 0.0729. The molecule has 0 heterocycles. The van der Waals surface area contributed by atoms with Crippen molar-refractivity contribution in [3.8, 4) is 11.8 Å². The summed E-state index contributed by atoms with van der Waals surface area (Å²) in [4.78, 5) is 0. The second-order valence-corrected chi connectivity index (χ2v) is 4.95. The lowest BCUT2D eigenvalue weighted by Gasteiger charge is -2.09. The summed E-state index contributed by atoms with van der Waals surface area (Å²) < 4.78 is 66.2. The van der Waals surface area contributed by atoms with Gasteiger partial charge in [0.05, 0.1) is 25.3 Å². The first-order chi connectivity index (χ1) is 8.69. The standard InChI is InChI=1S/C10H8F3NO4S/c1-17-9-3-7(5-14)2-8(4-9)6-18-19(15,16)10(11,12)13/h2-4H,6H2,1H3. The van der Waals surface area contributed by atoms with Gasteiger partial charge in [0.25, 0.3) is 0 Å². The topological polar surface area (TPSA) is 76.4 Å². The Morgan fingerprint density at radius 2 is 1.95 bits per heavy atom. The van der Waals surface area contributed by atoms with E-state index in [2.05, 4.69) is 4.18 Å². The lowest BCUT2D eigenvalue weighted by atomic mass is 10.1. The molecule has 0 radical (unpaired) electrons. The van der Waals surface area contributed by atoms with E-state index in [0.717, 1.165) is 0 Å². The van der Waals surface area contributed by atoms with Crippen molar-refractivity contribution in [1.82, 2.24) is 0 Å². The van der Waals surface area contributed by atoms with Gasteiger partial charge in [-0.25, -0.2) is 0 Å². The quantitative estimate of drug-likeness (QED) is 0.626. The van der Waals surface area contributed by atoms with Gasteiger partial charge in [-0.1, -0.05) is 0 Å². The summed E-state index contributed by atoms with van der Waals surface area (Å²) in [6.45, 7) is -0.840. The third-order valence-electron chi connectivity index (χ3n) is 2.00. The number of nitriles is 1. The van der Waals surface area contributed by atoms with Gasteiger partial charge >= 0.3 is 15.6 Å². The lowest BCUT2D eigenvalue weighted by molar-refractivity contribution is -0.0547. The molecule has 0 aliphatic carbocycles. The molecule has 19 heavy (non-hydrogen) atoms. The SMILES string of the molecule is COc1cc(C#N)cc(COS(=O)(=O)C(F)(F)F)c1. The third kappa shape index (κ3) is 3.84. The summed E-state index contributed by atoms with van der Waals surface area (Å²) in [6, 6.07) is 5.58. The maximum absolute atomic E-state index is 12.0. The molecule has 0 aliphatic rings. The van der Waals surface area contributed by atoms with E-state index in [9.17, 15) is 21.6 Å². The molecule has 0 saturated heterocycles. The molecule has 0 fully saturated rings. The van der Waals surface area contributed by atoms with Crippen LogP contribution in [0.2, 0.25) is 0 Å². The molecule has 1 aromatic rings. The Morgan fingerprint density at radius 3 is 2.42 bits per heavy atom. The summed E-state index contributed by atoms with van der Waals surface area (Å²) >= 11 is 0. The molecule has 1 aromatic carbocycles. The Balaban J connectivity index is 2.93. The van der Waals surface area contributed by atoms with Crippen LogP contribution in [0.25, 0.3) is 0 Å². The van der Waals surface area contributed by atoms with Crippen molar-refractivity contribution in [2.45, 2.75) is 12.1 Å². The van der Waals surface area contributed by atoms with Crippen molar-refractivity contribution in [3.63, 3.8) is 0 Å². The van der Waals surface area contributed by atoms with E-state index in [1.807, 2.05) is 0 Å². The van der Waals surface area contributed by atoms with Crippen molar-refractivity contribution < 1.29 is 30.5 Å². The van der Waals surface area contributed by atoms with Gasteiger partial charge in [0.15, 0.2) is 0 Å². The van der Waals surface area contributed by atoms with Crippen LogP contribution in [0.1, 0.15) is 11.1 Å². The number of hydrogen-bond donors (Lipinski definition) is 0. The van der Waals surface area contributed by atoms with E-state index in [1.54, 1.807) is 6.07 Å². The first-order valence-corrected chi connectivity index (χ1v) is 6.14. The third-order valence-corrected chi connectivity index (χ3v) is 2.99. The zero-order valence-corrected chi connectivity index (χ0v) is 10.4. The van der Waals surface area contributed by atoms with Crippen LogP contribution in [0, 0.1) is 11.3 Å². The van der Waals surface area contributed by atoms with Gasteiger partial charge in [0, 0.05) is 0 Å². The fourth-order valence-electron chi connectivity index (χ4n) is 1.14. The van der Waals surface area contributed by atoms with Gasteiger partial charge in [-0.3, -0.25) is 4.18 Å². The minimum Gasteiger partial charge on any atom is -0.497 e. The lowest BCUT2D eigenvalue weighted by Crippen LogP contribution is -2.25. The van der Waals surface area contributed by atoms with Crippen LogP contribution >= 0.6 is 0 Å². The van der Waals surface area contributed by atoms with Crippen molar-refractivity contribution in [3.05, 3.63) is 29.3 Å². The molecule has 0 amide bonds. The molecule has 9 heteroatoms. The van der Waals surface area contributed by atoms with Gasteiger partial charge in [-0.15, -0.1) is 0 Å². The number of benzene rings is 1. The first-order valence-electron chi connectivity index (χ1n) is 4.73. The molecule has 1 rings (SSSR count). The van der Waals surface area contributed by atoms with Crippen molar-refractivity contribution >= 4 is 10.1 Å². The van der Waals surface area contributed by atoms with Crippen molar-refractivity contribution in [1.29, 1.82) is 5.26 Å².